The van der Waals surface area contributed by atoms with E-state index in [4.69, 9.17) is 16.3 Å². The first kappa shape index (κ1) is 15.8. The van der Waals surface area contributed by atoms with Crippen molar-refractivity contribution in [3.63, 3.8) is 0 Å². The topological polar surface area (TPSA) is 21.3 Å². The lowest BCUT2D eigenvalue weighted by molar-refractivity contribution is 0.149. The van der Waals surface area contributed by atoms with Crippen LogP contribution in [0.25, 0.3) is 0 Å². The Morgan fingerprint density at radius 2 is 2.00 bits per heavy atom. The number of benzene rings is 1. The fourth-order valence-corrected chi connectivity index (χ4v) is 2.26. The quantitative estimate of drug-likeness (QED) is 0.551. The minimum absolute atomic E-state index is 0.581. The number of rotatable bonds is 9. The molecule has 0 saturated heterocycles. The lowest BCUT2D eigenvalue weighted by Crippen LogP contribution is -2.28. The van der Waals surface area contributed by atoms with Crippen LogP contribution in [-0.4, -0.2) is 31.6 Å². The molecule has 0 spiro atoms. The molecule has 0 aromatic heterocycles. The Bertz CT molecular complexity index is 318. The van der Waals surface area contributed by atoms with Crippen LogP contribution in [0.3, 0.4) is 0 Å². The second-order valence-corrected chi connectivity index (χ2v) is 5.78. The van der Waals surface area contributed by atoms with E-state index >= 15 is 0 Å². The van der Waals surface area contributed by atoms with Gasteiger partial charge in [-0.25, -0.2) is 0 Å². The Morgan fingerprint density at radius 1 is 1.28 bits per heavy atom. The molecule has 0 saturated carbocycles. The van der Waals surface area contributed by atoms with Crippen LogP contribution < -0.4 is 5.32 Å². The summed E-state index contributed by atoms with van der Waals surface area (Å²) in [5.41, 5.74) is 0. The average molecular weight is 288 g/mol. The minimum atomic E-state index is 0.581. The van der Waals surface area contributed by atoms with Crippen LogP contribution in [0.15, 0.2) is 29.2 Å². The van der Waals surface area contributed by atoms with Gasteiger partial charge in [0.1, 0.15) is 0 Å². The largest absolute Gasteiger partial charge is 0.379 e. The van der Waals surface area contributed by atoms with Gasteiger partial charge in [0.05, 0.1) is 13.2 Å². The van der Waals surface area contributed by atoms with Crippen LogP contribution in [0.2, 0.25) is 5.02 Å². The third-order valence-corrected chi connectivity index (χ3v) is 3.89. The van der Waals surface area contributed by atoms with E-state index in [0.717, 1.165) is 37.0 Å². The SMILES string of the molecule is CC[C@@H](C)NCCOCCSc1ccc(Cl)cc1. The molecular weight excluding hydrogens is 266 g/mol. The fourth-order valence-electron chi connectivity index (χ4n) is 1.37. The summed E-state index contributed by atoms with van der Waals surface area (Å²) in [6, 6.07) is 8.49. The lowest BCUT2D eigenvalue weighted by Gasteiger charge is -2.11. The van der Waals surface area contributed by atoms with Crippen molar-refractivity contribution in [2.75, 3.05) is 25.5 Å². The van der Waals surface area contributed by atoms with Crippen molar-refractivity contribution >= 4 is 23.4 Å². The van der Waals surface area contributed by atoms with Gasteiger partial charge in [-0.3, -0.25) is 0 Å². The van der Waals surface area contributed by atoms with Crippen molar-refractivity contribution in [3.8, 4) is 0 Å². The van der Waals surface area contributed by atoms with E-state index in [-0.39, 0.29) is 0 Å². The zero-order valence-electron chi connectivity index (χ0n) is 11.1. The first-order valence-electron chi connectivity index (χ1n) is 6.42. The number of hydrogen-bond acceptors (Lipinski definition) is 3. The second-order valence-electron chi connectivity index (χ2n) is 4.18. The molecule has 1 aromatic rings. The average Bonchev–Trinajstić information content (AvgIpc) is 2.39. The Balaban J connectivity index is 1.97. The van der Waals surface area contributed by atoms with E-state index < -0.39 is 0 Å². The van der Waals surface area contributed by atoms with Crippen LogP contribution in [0.4, 0.5) is 0 Å². The van der Waals surface area contributed by atoms with E-state index in [0.29, 0.717) is 6.04 Å². The predicted molar refractivity (Wildman–Crippen MR) is 80.8 cm³/mol. The molecular formula is C14H22ClNOS. The van der Waals surface area contributed by atoms with E-state index in [1.165, 1.54) is 4.90 Å². The van der Waals surface area contributed by atoms with Gasteiger partial charge in [0.15, 0.2) is 0 Å². The molecule has 1 rings (SSSR count). The Labute approximate surface area is 119 Å². The van der Waals surface area contributed by atoms with Gasteiger partial charge in [-0.1, -0.05) is 18.5 Å². The lowest BCUT2D eigenvalue weighted by atomic mass is 10.3. The Kier molecular flexibility index (Phi) is 8.51. The molecule has 1 N–H and O–H groups in total. The van der Waals surface area contributed by atoms with Gasteiger partial charge < -0.3 is 10.1 Å². The smallest absolute Gasteiger partial charge is 0.0591 e. The Hall–Kier alpha value is -0.220. The molecule has 0 heterocycles. The highest BCUT2D eigenvalue weighted by Crippen LogP contribution is 2.19. The fraction of sp³-hybridized carbons (Fsp3) is 0.571. The molecule has 0 amide bonds. The summed E-state index contributed by atoms with van der Waals surface area (Å²) in [4.78, 5) is 1.24. The molecule has 0 aliphatic heterocycles. The first-order chi connectivity index (χ1) is 8.72. The van der Waals surface area contributed by atoms with Gasteiger partial charge in [0.2, 0.25) is 0 Å². The molecule has 1 aromatic carbocycles. The number of thioether (sulfide) groups is 1. The van der Waals surface area contributed by atoms with Crippen molar-refractivity contribution in [1.82, 2.24) is 5.32 Å². The minimum Gasteiger partial charge on any atom is -0.379 e. The molecule has 0 radical (unpaired) electrons. The predicted octanol–water partition coefficient (Wildman–Crippen LogP) is 3.84. The monoisotopic (exact) mass is 287 g/mol. The highest BCUT2D eigenvalue weighted by Gasteiger charge is 1.97. The number of halogens is 1. The number of nitrogens with one attached hydrogen (secondary N) is 1. The van der Waals surface area contributed by atoms with Crippen molar-refractivity contribution < 1.29 is 4.74 Å². The van der Waals surface area contributed by atoms with Crippen molar-refractivity contribution in [1.29, 1.82) is 0 Å². The van der Waals surface area contributed by atoms with E-state index in [9.17, 15) is 0 Å². The second kappa shape index (κ2) is 9.68. The van der Waals surface area contributed by atoms with Gasteiger partial charge in [0.25, 0.3) is 0 Å². The maximum Gasteiger partial charge on any atom is 0.0591 e. The van der Waals surface area contributed by atoms with Crippen molar-refractivity contribution in [3.05, 3.63) is 29.3 Å². The number of hydrogen-bond donors (Lipinski definition) is 1. The van der Waals surface area contributed by atoms with E-state index in [2.05, 4.69) is 19.2 Å². The van der Waals surface area contributed by atoms with Crippen molar-refractivity contribution in [2.45, 2.75) is 31.2 Å². The molecule has 102 valence electrons. The summed E-state index contributed by atoms with van der Waals surface area (Å²) in [6.07, 6.45) is 1.16. The molecule has 2 nitrogen and oxygen atoms in total. The van der Waals surface area contributed by atoms with Crippen LogP contribution in [0.1, 0.15) is 20.3 Å². The van der Waals surface area contributed by atoms with Crippen LogP contribution >= 0.6 is 23.4 Å². The Morgan fingerprint density at radius 3 is 2.67 bits per heavy atom. The first-order valence-corrected chi connectivity index (χ1v) is 7.78. The van der Waals surface area contributed by atoms with Crippen LogP contribution in [0.5, 0.6) is 0 Å². The molecule has 18 heavy (non-hydrogen) atoms. The summed E-state index contributed by atoms with van der Waals surface area (Å²) < 4.78 is 5.56. The summed E-state index contributed by atoms with van der Waals surface area (Å²) in [7, 11) is 0. The summed E-state index contributed by atoms with van der Waals surface area (Å²) in [5.74, 6) is 0.977. The molecule has 0 aliphatic rings. The summed E-state index contributed by atoms with van der Waals surface area (Å²) in [6.45, 7) is 6.87. The summed E-state index contributed by atoms with van der Waals surface area (Å²) >= 11 is 7.62. The van der Waals surface area contributed by atoms with E-state index in [1.807, 2.05) is 24.3 Å². The van der Waals surface area contributed by atoms with Gasteiger partial charge >= 0.3 is 0 Å². The molecule has 4 heteroatoms. The zero-order chi connectivity index (χ0) is 13.2. The van der Waals surface area contributed by atoms with Crippen molar-refractivity contribution in [2.24, 2.45) is 0 Å². The van der Waals surface area contributed by atoms with Gasteiger partial charge in [-0.2, -0.15) is 0 Å². The van der Waals surface area contributed by atoms with Gasteiger partial charge in [-0.15, -0.1) is 11.8 Å². The maximum atomic E-state index is 5.83. The zero-order valence-corrected chi connectivity index (χ0v) is 12.7. The van der Waals surface area contributed by atoms with E-state index in [1.54, 1.807) is 11.8 Å². The number of ether oxygens (including phenoxy) is 1. The van der Waals surface area contributed by atoms with Gasteiger partial charge in [-0.05, 0) is 37.6 Å². The summed E-state index contributed by atoms with van der Waals surface area (Å²) in [5, 5.41) is 4.18. The highest BCUT2D eigenvalue weighted by molar-refractivity contribution is 7.99. The highest BCUT2D eigenvalue weighted by atomic mass is 35.5. The molecule has 0 unspecified atom stereocenters. The molecule has 0 aliphatic carbocycles. The molecule has 0 fully saturated rings. The normalized spacial score (nSPS) is 12.6. The maximum absolute atomic E-state index is 5.83. The van der Waals surface area contributed by atoms with Crippen LogP contribution in [-0.2, 0) is 4.74 Å². The van der Waals surface area contributed by atoms with Crippen LogP contribution in [0, 0.1) is 0 Å². The third kappa shape index (κ3) is 7.27. The molecule has 1 atom stereocenters. The van der Waals surface area contributed by atoms with Gasteiger partial charge in [0, 0.05) is 28.3 Å². The molecule has 0 bridgehead atoms. The third-order valence-electron chi connectivity index (χ3n) is 2.66. The standard InChI is InChI=1S/C14H22ClNOS/c1-3-12(2)16-8-9-17-10-11-18-14-6-4-13(15)5-7-14/h4-7,12,16H,3,8-11H2,1-2H3/t12-/m1/s1.